The van der Waals surface area contributed by atoms with Gasteiger partial charge in [-0.1, -0.05) is 30.3 Å². The molecule has 0 aliphatic carbocycles. The normalized spacial score (nSPS) is 15.1. The van der Waals surface area contributed by atoms with Crippen molar-refractivity contribution in [2.45, 2.75) is 12.6 Å². The Labute approximate surface area is 120 Å². The molecule has 0 unspecified atom stereocenters. The Kier molecular flexibility index (Phi) is 4.00. The van der Waals surface area contributed by atoms with Gasteiger partial charge in [0.05, 0.1) is 0 Å². The van der Waals surface area contributed by atoms with Crippen molar-refractivity contribution < 1.29 is 4.74 Å². The third-order valence-corrected chi connectivity index (χ3v) is 3.72. The molecule has 20 heavy (non-hydrogen) atoms. The molecule has 3 nitrogen and oxygen atoms in total. The lowest BCUT2D eigenvalue weighted by Crippen LogP contribution is -2.55. The van der Waals surface area contributed by atoms with Gasteiger partial charge in [-0.3, -0.25) is 4.90 Å². The SMILES string of the molecule is CN(Cc1ccc(Oc2ccccc2)cc1)C1CNC1. The maximum atomic E-state index is 5.79. The first kappa shape index (κ1) is 13.2. The summed E-state index contributed by atoms with van der Waals surface area (Å²) < 4.78 is 5.79. The summed E-state index contributed by atoms with van der Waals surface area (Å²) in [6, 6.07) is 18.9. The number of hydrogen-bond acceptors (Lipinski definition) is 3. The van der Waals surface area contributed by atoms with E-state index in [0.717, 1.165) is 31.1 Å². The molecule has 0 aromatic heterocycles. The summed E-state index contributed by atoms with van der Waals surface area (Å²) in [6.07, 6.45) is 0. The molecule has 1 heterocycles. The van der Waals surface area contributed by atoms with E-state index < -0.39 is 0 Å². The number of likely N-dealkylation sites (N-methyl/N-ethyl adjacent to an activating group) is 1. The molecular weight excluding hydrogens is 248 g/mol. The van der Waals surface area contributed by atoms with Crippen LogP contribution >= 0.6 is 0 Å². The second-order valence-electron chi connectivity index (χ2n) is 5.29. The van der Waals surface area contributed by atoms with Crippen molar-refractivity contribution in [3.8, 4) is 11.5 Å². The molecule has 3 heteroatoms. The molecule has 3 rings (SSSR count). The monoisotopic (exact) mass is 268 g/mol. The average Bonchev–Trinajstić information content (AvgIpc) is 2.40. The zero-order valence-corrected chi connectivity index (χ0v) is 11.8. The minimum Gasteiger partial charge on any atom is -0.457 e. The summed E-state index contributed by atoms with van der Waals surface area (Å²) in [7, 11) is 2.18. The van der Waals surface area contributed by atoms with Crippen LogP contribution in [0.1, 0.15) is 5.56 Å². The van der Waals surface area contributed by atoms with Gasteiger partial charge in [0.15, 0.2) is 0 Å². The molecule has 0 saturated carbocycles. The van der Waals surface area contributed by atoms with Gasteiger partial charge in [0, 0.05) is 25.7 Å². The first-order valence-corrected chi connectivity index (χ1v) is 7.04. The molecular formula is C17H20N2O. The van der Waals surface area contributed by atoms with E-state index in [1.54, 1.807) is 0 Å². The van der Waals surface area contributed by atoms with E-state index in [1.807, 2.05) is 42.5 Å². The summed E-state index contributed by atoms with van der Waals surface area (Å²) in [5, 5.41) is 3.30. The van der Waals surface area contributed by atoms with Crippen LogP contribution in [0.5, 0.6) is 11.5 Å². The van der Waals surface area contributed by atoms with Gasteiger partial charge in [0.2, 0.25) is 0 Å². The number of para-hydroxylation sites is 1. The highest BCUT2D eigenvalue weighted by Crippen LogP contribution is 2.21. The van der Waals surface area contributed by atoms with E-state index in [2.05, 4.69) is 29.4 Å². The van der Waals surface area contributed by atoms with Crippen LogP contribution in [0.4, 0.5) is 0 Å². The van der Waals surface area contributed by atoms with E-state index in [0.29, 0.717) is 6.04 Å². The number of rotatable bonds is 5. The van der Waals surface area contributed by atoms with Crippen LogP contribution < -0.4 is 10.1 Å². The van der Waals surface area contributed by atoms with Crippen molar-refractivity contribution in [2.75, 3.05) is 20.1 Å². The predicted molar refractivity (Wildman–Crippen MR) is 81.1 cm³/mol. The van der Waals surface area contributed by atoms with Gasteiger partial charge in [0.1, 0.15) is 11.5 Å². The molecule has 2 aromatic rings. The molecule has 104 valence electrons. The van der Waals surface area contributed by atoms with Crippen LogP contribution in [-0.2, 0) is 6.54 Å². The first-order valence-electron chi connectivity index (χ1n) is 7.04. The van der Waals surface area contributed by atoms with Gasteiger partial charge >= 0.3 is 0 Å². The van der Waals surface area contributed by atoms with Gasteiger partial charge in [-0.15, -0.1) is 0 Å². The summed E-state index contributed by atoms with van der Waals surface area (Å²) in [5.74, 6) is 1.76. The zero-order valence-electron chi connectivity index (χ0n) is 11.8. The highest BCUT2D eigenvalue weighted by molar-refractivity contribution is 5.32. The fourth-order valence-corrected chi connectivity index (χ4v) is 2.29. The minimum atomic E-state index is 0.676. The van der Waals surface area contributed by atoms with Gasteiger partial charge in [-0.2, -0.15) is 0 Å². The molecule has 1 aliphatic rings. The molecule has 1 saturated heterocycles. The third-order valence-electron chi connectivity index (χ3n) is 3.72. The van der Waals surface area contributed by atoms with Crippen molar-refractivity contribution in [1.82, 2.24) is 10.2 Å². The highest BCUT2D eigenvalue weighted by atomic mass is 16.5. The molecule has 0 amide bonds. The van der Waals surface area contributed by atoms with Crippen LogP contribution in [0.15, 0.2) is 54.6 Å². The van der Waals surface area contributed by atoms with Gasteiger partial charge in [-0.05, 0) is 36.9 Å². The molecule has 0 spiro atoms. The average molecular weight is 268 g/mol. The van der Waals surface area contributed by atoms with E-state index in [9.17, 15) is 0 Å². The van der Waals surface area contributed by atoms with E-state index in [1.165, 1.54) is 5.56 Å². The maximum absolute atomic E-state index is 5.79. The fourth-order valence-electron chi connectivity index (χ4n) is 2.29. The Morgan fingerprint density at radius 2 is 1.65 bits per heavy atom. The van der Waals surface area contributed by atoms with Crippen molar-refractivity contribution in [1.29, 1.82) is 0 Å². The molecule has 1 aliphatic heterocycles. The summed E-state index contributed by atoms with van der Waals surface area (Å²) in [5.41, 5.74) is 1.32. The molecule has 1 N–H and O–H groups in total. The standard InChI is InChI=1S/C17H20N2O/c1-19(15-11-18-12-15)13-14-7-9-17(10-8-14)20-16-5-3-2-4-6-16/h2-10,15,18H,11-13H2,1H3. The van der Waals surface area contributed by atoms with Crippen molar-refractivity contribution >= 4 is 0 Å². The second kappa shape index (κ2) is 6.07. The number of nitrogens with one attached hydrogen (secondary N) is 1. The van der Waals surface area contributed by atoms with Crippen LogP contribution in [0, 0.1) is 0 Å². The van der Waals surface area contributed by atoms with Crippen molar-refractivity contribution in [2.24, 2.45) is 0 Å². The Bertz CT molecular complexity index is 535. The van der Waals surface area contributed by atoms with Crippen LogP contribution in [0.3, 0.4) is 0 Å². The summed E-state index contributed by atoms with van der Waals surface area (Å²) in [4.78, 5) is 2.39. The van der Waals surface area contributed by atoms with Crippen molar-refractivity contribution in [3.05, 3.63) is 60.2 Å². The molecule has 2 aromatic carbocycles. The first-order chi connectivity index (χ1) is 9.81. The lowest BCUT2D eigenvalue weighted by molar-refractivity contribution is 0.173. The van der Waals surface area contributed by atoms with E-state index in [4.69, 9.17) is 4.74 Å². The number of benzene rings is 2. The van der Waals surface area contributed by atoms with Crippen LogP contribution in [-0.4, -0.2) is 31.1 Å². The highest BCUT2D eigenvalue weighted by Gasteiger charge is 2.21. The van der Waals surface area contributed by atoms with Crippen molar-refractivity contribution in [3.63, 3.8) is 0 Å². The Balaban J connectivity index is 1.59. The number of hydrogen-bond donors (Lipinski definition) is 1. The maximum Gasteiger partial charge on any atom is 0.127 e. The van der Waals surface area contributed by atoms with Crippen LogP contribution in [0.25, 0.3) is 0 Å². The van der Waals surface area contributed by atoms with E-state index in [-0.39, 0.29) is 0 Å². The Morgan fingerprint density at radius 3 is 2.25 bits per heavy atom. The predicted octanol–water partition coefficient (Wildman–Crippen LogP) is 2.88. The second-order valence-corrected chi connectivity index (χ2v) is 5.29. The quantitative estimate of drug-likeness (QED) is 0.902. The van der Waals surface area contributed by atoms with E-state index >= 15 is 0 Å². The lowest BCUT2D eigenvalue weighted by atomic mass is 10.1. The van der Waals surface area contributed by atoms with Gasteiger partial charge < -0.3 is 10.1 Å². The van der Waals surface area contributed by atoms with Gasteiger partial charge in [0.25, 0.3) is 0 Å². The third kappa shape index (κ3) is 3.18. The fraction of sp³-hybridized carbons (Fsp3) is 0.294. The van der Waals surface area contributed by atoms with Gasteiger partial charge in [-0.25, -0.2) is 0 Å². The summed E-state index contributed by atoms with van der Waals surface area (Å²) in [6.45, 7) is 3.19. The minimum absolute atomic E-state index is 0.676. The largest absolute Gasteiger partial charge is 0.457 e. The number of nitrogens with zero attached hydrogens (tertiary/aromatic N) is 1. The molecule has 1 fully saturated rings. The Morgan fingerprint density at radius 1 is 1.00 bits per heavy atom. The smallest absolute Gasteiger partial charge is 0.127 e. The molecule has 0 atom stereocenters. The molecule has 0 bridgehead atoms. The Hall–Kier alpha value is -1.84. The molecule has 0 radical (unpaired) electrons. The van der Waals surface area contributed by atoms with Crippen LogP contribution in [0.2, 0.25) is 0 Å². The lowest BCUT2D eigenvalue weighted by Gasteiger charge is -2.35. The summed E-state index contributed by atoms with van der Waals surface area (Å²) >= 11 is 0. The zero-order chi connectivity index (χ0) is 13.8. The topological polar surface area (TPSA) is 24.5 Å². The number of ether oxygens (including phenoxy) is 1.